The number of hydrogen-bond acceptors (Lipinski definition) is 3. The van der Waals surface area contributed by atoms with E-state index in [9.17, 15) is 30.7 Å². The Hall–Kier alpha value is -1.60. The second-order valence-corrected chi connectivity index (χ2v) is 6.14. The smallest absolute Gasteiger partial charge is 0.395 e. The van der Waals surface area contributed by atoms with Crippen LogP contribution in [0.1, 0.15) is 11.4 Å². The van der Waals surface area contributed by atoms with Crippen molar-refractivity contribution in [2.24, 2.45) is 0 Å². The van der Waals surface area contributed by atoms with E-state index in [0.29, 0.717) is 9.13 Å². The number of alkyl halides is 6. The summed E-state index contributed by atoms with van der Waals surface area (Å²) < 4.78 is 94.8. The van der Waals surface area contributed by atoms with E-state index in [4.69, 9.17) is 0 Å². The van der Waals surface area contributed by atoms with Crippen LogP contribution in [0, 0.1) is 23.2 Å². The number of nitrogens with zero attached hydrogens (tertiary/aromatic N) is 3. The quantitative estimate of drug-likeness (QED) is 0.475. The molecule has 0 aliphatic rings. The lowest BCUT2D eigenvalue weighted by Gasteiger charge is -2.21. The summed E-state index contributed by atoms with van der Waals surface area (Å²) in [7, 11) is 0. The molecule has 0 fully saturated rings. The first-order valence-electron chi connectivity index (χ1n) is 6.50. The Bertz CT molecular complexity index is 791. The van der Waals surface area contributed by atoms with Gasteiger partial charge in [0.05, 0.1) is 0 Å². The third-order valence-electron chi connectivity index (χ3n) is 3.02. The van der Waals surface area contributed by atoms with Crippen molar-refractivity contribution >= 4 is 22.6 Å². The van der Waals surface area contributed by atoms with Gasteiger partial charge in [-0.2, -0.15) is 26.9 Å². The normalized spacial score (nSPS) is 13.8. The van der Waals surface area contributed by atoms with E-state index in [0.717, 1.165) is 10.7 Å². The molecule has 1 heterocycles. The average Bonchev–Trinajstić information content (AvgIpc) is 2.80. The number of benzene rings is 1. The fourth-order valence-corrected chi connectivity index (χ4v) is 2.25. The van der Waals surface area contributed by atoms with Crippen LogP contribution in [0.25, 0.3) is 5.69 Å². The molecule has 4 nitrogen and oxygen atoms in total. The highest BCUT2D eigenvalue weighted by Gasteiger charge is 2.59. The molecule has 1 aromatic heterocycles. The zero-order valence-electron chi connectivity index (χ0n) is 12.5. The van der Waals surface area contributed by atoms with Crippen LogP contribution in [-0.4, -0.2) is 33.2 Å². The van der Waals surface area contributed by atoms with Gasteiger partial charge >= 0.3 is 18.3 Å². The van der Waals surface area contributed by atoms with Crippen molar-refractivity contribution in [3.05, 3.63) is 32.9 Å². The minimum Gasteiger partial charge on any atom is -0.395 e. The largest absolute Gasteiger partial charge is 0.441 e. The topological polar surface area (TPSA) is 39.9 Å². The maximum Gasteiger partial charge on any atom is 0.441 e. The lowest BCUT2D eigenvalue weighted by molar-refractivity contribution is -0.306. The molecule has 1 unspecified atom stereocenters. The minimum absolute atomic E-state index is 0.147. The van der Waals surface area contributed by atoms with Gasteiger partial charge in [-0.05, 0) is 54.1 Å². The molecule has 0 saturated carbocycles. The first-order valence-corrected chi connectivity index (χ1v) is 7.58. The van der Waals surface area contributed by atoms with Crippen LogP contribution < -0.4 is 4.74 Å². The van der Waals surface area contributed by atoms with Gasteiger partial charge in [0.2, 0.25) is 0 Å². The summed E-state index contributed by atoms with van der Waals surface area (Å²) in [5.41, 5.74) is 0.429. The first kappa shape index (κ1) is 19.7. The molecule has 0 amide bonds. The summed E-state index contributed by atoms with van der Waals surface area (Å²) in [4.78, 5) is 3.38. The van der Waals surface area contributed by atoms with Crippen LogP contribution in [0.2, 0.25) is 0 Å². The predicted molar refractivity (Wildman–Crippen MR) is 80.0 cm³/mol. The molecule has 0 radical (unpaired) electrons. The molecule has 0 N–H and O–H groups in total. The van der Waals surface area contributed by atoms with Crippen molar-refractivity contribution in [3.8, 4) is 11.7 Å². The summed E-state index contributed by atoms with van der Waals surface area (Å²) in [6.07, 6.45) is -15.6. The van der Waals surface area contributed by atoms with Gasteiger partial charge in [-0.15, -0.1) is 5.10 Å². The Labute approximate surface area is 150 Å². The zero-order valence-corrected chi connectivity index (χ0v) is 14.7. The van der Waals surface area contributed by atoms with Gasteiger partial charge in [-0.1, -0.05) is 0 Å². The van der Waals surface area contributed by atoms with Gasteiger partial charge in [-0.25, -0.2) is 13.5 Å². The minimum atomic E-state index is -5.83. The van der Waals surface area contributed by atoms with Gasteiger partial charge < -0.3 is 4.74 Å². The molecule has 0 aliphatic carbocycles. The Balaban J connectivity index is 2.37. The highest BCUT2D eigenvalue weighted by Crippen LogP contribution is 2.36. The van der Waals surface area contributed by atoms with E-state index < -0.39 is 30.3 Å². The predicted octanol–water partition coefficient (Wildman–Crippen LogP) is 4.50. The van der Waals surface area contributed by atoms with E-state index in [1.54, 1.807) is 6.92 Å². The highest BCUT2D eigenvalue weighted by atomic mass is 127. The van der Waals surface area contributed by atoms with Gasteiger partial charge in [0.25, 0.3) is 6.17 Å². The van der Waals surface area contributed by atoms with E-state index >= 15 is 0 Å². The molecule has 1 atom stereocenters. The van der Waals surface area contributed by atoms with E-state index in [2.05, 4.69) is 14.8 Å². The standard InChI is InChI=1S/C13H9F7IN3O/c1-5-3-7(14)9(4-8(5)21)24-6(2)22-11(23-24)25-13(19,20)10(15)12(16,17)18/h3-4,10H,1-2H3. The number of aryl methyl sites for hydroxylation is 2. The van der Waals surface area contributed by atoms with Crippen LogP contribution in [0.4, 0.5) is 30.7 Å². The van der Waals surface area contributed by atoms with Crippen molar-refractivity contribution in [3.63, 3.8) is 0 Å². The second-order valence-electron chi connectivity index (χ2n) is 4.97. The Kier molecular flexibility index (Phi) is 5.21. The third kappa shape index (κ3) is 4.15. The fraction of sp³-hybridized carbons (Fsp3) is 0.385. The van der Waals surface area contributed by atoms with Crippen LogP contribution in [0.3, 0.4) is 0 Å². The van der Waals surface area contributed by atoms with Gasteiger partial charge in [0, 0.05) is 3.57 Å². The maximum absolute atomic E-state index is 14.0. The highest BCUT2D eigenvalue weighted by molar-refractivity contribution is 14.1. The van der Waals surface area contributed by atoms with Crippen LogP contribution in [-0.2, 0) is 0 Å². The molecule has 0 saturated heterocycles. The van der Waals surface area contributed by atoms with Crippen LogP contribution in [0.15, 0.2) is 12.1 Å². The Morgan fingerprint density at radius 3 is 2.32 bits per heavy atom. The lowest BCUT2D eigenvalue weighted by atomic mass is 10.2. The molecule has 138 valence electrons. The van der Waals surface area contributed by atoms with Crippen molar-refractivity contribution in [1.82, 2.24) is 14.8 Å². The fourth-order valence-electron chi connectivity index (χ4n) is 1.80. The van der Waals surface area contributed by atoms with Crippen LogP contribution in [0.5, 0.6) is 6.01 Å². The molecule has 0 spiro atoms. The third-order valence-corrected chi connectivity index (χ3v) is 4.18. The van der Waals surface area contributed by atoms with Crippen molar-refractivity contribution in [2.45, 2.75) is 32.3 Å². The van der Waals surface area contributed by atoms with Crippen molar-refractivity contribution in [2.75, 3.05) is 0 Å². The molecule has 0 aliphatic heterocycles. The monoisotopic (exact) mass is 483 g/mol. The number of aromatic nitrogens is 3. The Morgan fingerprint density at radius 1 is 1.16 bits per heavy atom. The van der Waals surface area contributed by atoms with Gasteiger partial charge in [-0.3, -0.25) is 0 Å². The van der Waals surface area contributed by atoms with Gasteiger partial charge in [0.15, 0.2) is 0 Å². The van der Waals surface area contributed by atoms with E-state index in [1.165, 1.54) is 13.0 Å². The lowest BCUT2D eigenvalue weighted by Crippen LogP contribution is -2.45. The zero-order chi connectivity index (χ0) is 19.2. The molecular weight excluding hydrogens is 474 g/mol. The van der Waals surface area contributed by atoms with Crippen molar-refractivity contribution < 1.29 is 35.5 Å². The number of halogens is 8. The molecular formula is C13H9F7IN3O. The van der Waals surface area contributed by atoms with Crippen LogP contribution >= 0.6 is 22.6 Å². The van der Waals surface area contributed by atoms with E-state index in [-0.39, 0.29) is 11.5 Å². The molecule has 12 heteroatoms. The summed E-state index contributed by atoms with van der Waals surface area (Å²) in [5.74, 6) is -0.908. The van der Waals surface area contributed by atoms with Gasteiger partial charge in [0.1, 0.15) is 17.3 Å². The van der Waals surface area contributed by atoms with E-state index in [1.807, 2.05) is 22.6 Å². The average molecular weight is 483 g/mol. The molecule has 2 aromatic rings. The summed E-state index contributed by atoms with van der Waals surface area (Å²) in [5, 5.41) is 3.39. The summed E-state index contributed by atoms with van der Waals surface area (Å²) in [6, 6.07) is 1.28. The second kappa shape index (κ2) is 6.61. The summed E-state index contributed by atoms with van der Waals surface area (Å²) in [6.45, 7) is 2.87. The number of ether oxygens (including phenoxy) is 1. The maximum atomic E-state index is 14.0. The Morgan fingerprint density at radius 2 is 1.76 bits per heavy atom. The molecule has 2 rings (SSSR count). The molecule has 1 aromatic carbocycles. The molecule has 0 bridgehead atoms. The number of hydrogen-bond donors (Lipinski definition) is 0. The first-order chi connectivity index (χ1) is 11.3. The number of rotatable bonds is 4. The SMILES string of the molecule is Cc1cc(F)c(-n2nc(OC(F)(F)C(F)C(F)(F)F)nc2C)cc1I. The molecule has 25 heavy (non-hydrogen) atoms. The van der Waals surface area contributed by atoms with Crippen molar-refractivity contribution in [1.29, 1.82) is 0 Å². The summed E-state index contributed by atoms with van der Waals surface area (Å²) >= 11 is 1.90.